The lowest BCUT2D eigenvalue weighted by Gasteiger charge is -2.11. The van der Waals surface area contributed by atoms with Gasteiger partial charge < -0.3 is 35.1 Å². The molecule has 0 rings (SSSR count). The average molecular weight is 1060 g/mol. The molecule has 0 saturated heterocycles. The molecule has 0 unspecified atom stereocenters. The molecule has 11 nitrogen and oxygen atoms in total. The Morgan fingerprint density at radius 2 is 0.581 bits per heavy atom. The molecule has 0 aromatic carbocycles. The minimum atomic E-state index is -0.920. The molecule has 5 N–H and O–H groups in total. The van der Waals surface area contributed by atoms with Crippen LogP contribution in [0, 0.1) is 17.8 Å². The van der Waals surface area contributed by atoms with Crippen LogP contribution < -0.4 is 0 Å². The van der Waals surface area contributed by atoms with Crippen molar-refractivity contribution in [2.75, 3.05) is 0 Å². The van der Waals surface area contributed by atoms with Crippen LogP contribution in [0.15, 0.2) is 0 Å². The summed E-state index contributed by atoms with van der Waals surface area (Å²) in [7, 11) is 0. The van der Waals surface area contributed by atoms with Gasteiger partial charge in [-0.15, -0.1) is 0 Å². The summed E-state index contributed by atoms with van der Waals surface area (Å²) in [5, 5.41) is 45.7. The first kappa shape index (κ1) is 83.0. The van der Waals surface area contributed by atoms with Crippen LogP contribution in [0.1, 0.15) is 328 Å². The van der Waals surface area contributed by atoms with Gasteiger partial charge in [0, 0.05) is 32.1 Å². The van der Waals surface area contributed by atoms with Gasteiger partial charge in [0.25, 0.3) is 0 Å². The maximum absolute atomic E-state index is 10.7. The maximum atomic E-state index is 10.7. The molecule has 444 valence electrons. The van der Waals surface area contributed by atoms with E-state index in [-0.39, 0.29) is 23.8 Å². The largest absolute Gasteiger partial charge is 0.481 e. The molecule has 0 aliphatic rings. The van der Waals surface area contributed by atoms with Gasteiger partial charge in [0.1, 0.15) is 28.9 Å². The summed E-state index contributed by atoms with van der Waals surface area (Å²) in [4.78, 5) is 63.2. The number of carbonyl (C=O) groups is 6. The molecule has 0 aromatic heterocycles. The first-order valence-electron chi connectivity index (χ1n) is 30.3. The third-order valence-electron chi connectivity index (χ3n) is 12.8. The van der Waals surface area contributed by atoms with Crippen LogP contribution in [0.2, 0.25) is 0 Å². The van der Waals surface area contributed by atoms with Crippen molar-refractivity contribution >= 4 is 34.9 Å². The Bertz CT molecular complexity index is 1240. The van der Waals surface area contributed by atoms with Gasteiger partial charge in [-0.2, -0.15) is 0 Å². The second-order valence-corrected chi connectivity index (χ2v) is 22.1. The number of aliphatic hydroxyl groups excluding tert-OH is 4. The fraction of sp³-hybridized carbons (Fsp3) is 0.905. The second-order valence-electron chi connectivity index (χ2n) is 22.1. The lowest BCUT2D eigenvalue weighted by Crippen LogP contribution is -2.12. The zero-order valence-corrected chi connectivity index (χ0v) is 51.2. The molecule has 0 aliphatic carbocycles. The van der Waals surface area contributed by atoms with E-state index in [9.17, 15) is 49.2 Å². The zero-order valence-electron chi connectivity index (χ0n) is 51.2. The van der Waals surface area contributed by atoms with Crippen LogP contribution in [0.25, 0.3) is 0 Å². The molecule has 0 saturated carbocycles. The highest BCUT2D eigenvalue weighted by Crippen LogP contribution is 2.16. The number of ketones is 5. The van der Waals surface area contributed by atoms with Crippen molar-refractivity contribution in [3.05, 3.63) is 0 Å². The van der Waals surface area contributed by atoms with Crippen LogP contribution in [-0.4, -0.2) is 84.8 Å². The van der Waals surface area contributed by atoms with E-state index in [0.29, 0.717) is 49.1 Å². The van der Waals surface area contributed by atoms with E-state index in [2.05, 4.69) is 62.3 Å². The van der Waals surface area contributed by atoms with Crippen molar-refractivity contribution in [1.82, 2.24) is 0 Å². The van der Waals surface area contributed by atoms with E-state index in [4.69, 9.17) is 5.11 Å². The predicted octanol–water partition coefficient (Wildman–Crippen LogP) is 16.5. The number of hydrogen-bond acceptors (Lipinski definition) is 10. The van der Waals surface area contributed by atoms with Gasteiger partial charge in [0.15, 0.2) is 0 Å². The topological polar surface area (TPSA) is 204 Å². The Balaban J connectivity index is -0.000000188. The Morgan fingerprint density at radius 1 is 0.311 bits per heavy atom. The van der Waals surface area contributed by atoms with E-state index in [0.717, 1.165) is 95.8 Å². The fourth-order valence-corrected chi connectivity index (χ4v) is 7.59. The van der Waals surface area contributed by atoms with E-state index < -0.39 is 30.4 Å². The molecule has 0 aliphatic heterocycles. The summed E-state index contributed by atoms with van der Waals surface area (Å²) in [5.41, 5.74) is 0. The fourth-order valence-electron chi connectivity index (χ4n) is 7.59. The standard InChI is InChI=1S/C12H24O2.C11H22O2.C11H22O.C10H20O3.C10H20O2.C9H18O/c1-4-10(2)7-5-6-8-12(14)9-11(3)13;1-3-4-5-6-7-8-11(13)9-10(2)12;1-3-4-5-6-7-8-9-10-11(2)12;1-8(2)5-3-4-6-9(11)7-10(12)13;1-4-8(2)5-6-10(12)7-9(3)11;1-3-4-5-6-7-8-9(2)10/h10,12,14H,4-9H2,1-3H3;11,13H,3-9H2,1-2H3;3-10H2,1-2H3;8-9,11H,3-7H2,1-2H3,(H,12,13);8,10,12H,4-7H2,1-3H3;3-8H2,1-2H3/t10-,12+;11-;;9-;8-,10+;/m01.10./s1. The lowest BCUT2D eigenvalue weighted by molar-refractivity contribution is -0.139. The number of rotatable bonds is 43. The van der Waals surface area contributed by atoms with E-state index in [1.807, 2.05) is 0 Å². The van der Waals surface area contributed by atoms with Crippen LogP contribution in [0.3, 0.4) is 0 Å². The van der Waals surface area contributed by atoms with Crippen molar-refractivity contribution in [2.45, 2.75) is 352 Å². The minimum Gasteiger partial charge on any atom is -0.481 e. The minimum absolute atomic E-state index is 0.0756. The van der Waals surface area contributed by atoms with Gasteiger partial charge >= 0.3 is 5.97 Å². The lowest BCUT2D eigenvalue weighted by atomic mass is 9.99. The average Bonchev–Trinajstić information content (AvgIpc) is 3.30. The number of aliphatic carboxylic acids is 1. The van der Waals surface area contributed by atoms with Crippen molar-refractivity contribution in [2.24, 2.45) is 17.8 Å². The number of Topliss-reactive ketones (excluding diaryl/α,β-unsaturated/α-hetero) is 5. The van der Waals surface area contributed by atoms with E-state index in [1.165, 1.54) is 130 Å². The number of hydrogen-bond donors (Lipinski definition) is 5. The second kappa shape index (κ2) is 64.9. The first-order chi connectivity index (χ1) is 34.8. The van der Waals surface area contributed by atoms with Crippen LogP contribution in [0.5, 0.6) is 0 Å². The summed E-state index contributed by atoms with van der Waals surface area (Å²) in [5.74, 6) is 2.13. The first-order valence-corrected chi connectivity index (χ1v) is 30.3. The molecule has 0 radical (unpaired) electrons. The van der Waals surface area contributed by atoms with Crippen molar-refractivity contribution < 1.29 is 54.3 Å². The molecule has 0 bridgehead atoms. The zero-order chi connectivity index (χ0) is 58.0. The quantitative estimate of drug-likeness (QED) is 0.0364. The Kier molecular flexibility index (Phi) is 72.8. The summed E-state index contributed by atoms with van der Waals surface area (Å²) in [6.45, 7) is 27.6. The predicted molar refractivity (Wildman–Crippen MR) is 313 cm³/mol. The highest BCUT2D eigenvalue weighted by Gasteiger charge is 2.11. The Labute approximate surface area is 457 Å². The molecule has 0 fully saturated rings. The molecule has 0 amide bonds. The third-order valence-corrected chi connectivity index (χ3v) is 12.8. The monoisotopic (exact) mass is 1060 g/mol. The molecular formula is C63H126O11. The Hall–Kier alpha value is -2.34. The van der Waals surface area contributed by atoms with Gasteiger partial charge in [0.05, 0.1) is 30.8 Å². The number of aliphatic hydroxyl groups is 4. The number of carboxylic acids is 1. The van der Waals surface area contributed by atoms with Crippen molar-refractivity contribution in [1.29, 1.82) is 0 Å². The van der Waals surface area contributed by atoms with E-state index >= 15 is 0 Å². The molecule has 0 aromatic rings. The van der Waals surface area contributed by atoms with Gasteiger partial charge in [-0.05, 0) is 97.3 Å². The Morgan fingerprint density at radius 3 is 0.892 bits per heavy atom. The molecule has 11 heteroatoms. The van der Waals surface area contributed by atoms with Gasteiger partial charge in [-0.3, -0.25) is 19.2 Å². The smallest absolute Gasteiger partial charge is 0.305 e. The van der Waals surface area contributed by atoms with Crippen molar-refractivity contribution in [3.8, 4) is 0 Å². The highest BCUT2D eigenvalue weighted by atomic mass is 16.4. The van der Waals surface area contributed by atoms with Crippen molar-refractivity contribution in [3.63, 3.8) is 0 Å². The summed E-state index contributed by atoms with van der Waals surface area (Å²) < 4.78 is 0. The van der Waals surface area contributed by atoms with Gasteiger partial charge in [-0.25, -0.2) is 0 Å². The summed E-state index contributed by atoms with van der Waals surface area (Å²) in [6, 6.07) is 0. The number of unbranched alkanes of at least 4 members (excludes halogenated alkanes) is 16. The van der Waals surface area contributed by atoms with Gasteiger partial charge in [-0.1, -0.05) is 210 Å². The van der Waals surface area contributed by atoms with Crippen LogP contribution in [0.4, 0.5) is 0 Å². The normalized spacial score (nSPS) is 13.0. The molecular weight excluding hydrogens is 933 g/mol. The number of carbonyl (C=O) groups excluding carboxylic acids is 5. The highest BCUT2D eigenvalue weighted by molar-refractivity contribution is 5.77. The summed E-state index contributed by atoms with van der Waals surface area (Å²) in [6.07, 6.45) is 34.7. The van der Waals surface area contributed by atoms with Crippen LogP contribution >= 0.6 is 0 Å². The molecule has 0 spiro atoms. The molecule has 0 heterocycles. The number of carboxylic acid groups (broad SMARTS) is 1. The summed E-state index contributed by atoms with van der Waals surface area (Å²) >= 11 is 0. The molecule has 74 heavy (non-hydrogen) atoms. The SMILES string of the molecule is CC(C)CCCC[C@@H](O)CC(=O)O.CCCCCCCC(C)=O.CCCCCCCCCC(C)=O.CCCCCCC[C@@H](O)CC(C)=O.CC[C@H](C)CCCC[C@@H](O)CC(C)=O.CC[C@H](C)CC[C@@H](O)CC(C)=O. The molecule has 6 atom stereocenters. The third kappa shape index (κ3) is 92.3. The van der Waals surface area contributed by atoms with Gasteiger partial charge in [0.2, 0.25) is 0 Å². The van der Waals surface area contributed by atoms with E-state index in [1.54, 1.807) is 13.8 Å². The van der Waals surface area contributed by atoms with Crippen LogP contribution in [-0.2, 0) is 28.8 Å². The maximum Gasteiger partial charge on any atom is 0.305 e.